The van der Waals surface area contributed by atoms with Crippen LogP contribution in [0.25, 0.3) is 0 Å². The highest BCUT2D eigenvalue weighted by Gasteiger charge is 2.17. The maximum absolute atomic E-state index is 11.8. The van der Waals surface area contributed by atoms with E-state index in [4.69, 9.17) is 17.3 Å². The maximum atomic E-state index is 11.8. The minimum absolute atomic E-state index is 0.00309. The molecule has 0 heterocycles. The third-order valence-corrected chi connectivity index (χ3v) is 4.44. The highest BCUT2D eigenvalue weighted by molar-refractivity contribution is 7.92. The van der Waals surface area contributed by atoms with Crippen LogP contribution in [0, 0.1) is 5.92 Å². The van der Waals surface area contributed by atoms with E-state index in [1.165, 1.54) is 6.07 Å². The Morgan fingerprint density at radius 1 is 1.40 bits per heavy atom. The van der Waals surface area contributed by atoms with E-state index in [1.807, 2.05) is 13.8 Å². The summed E-state index contributed by atoms with van der Waals surface area (Å²) < 4.78 is 23.5. The van der Waals surface area contributed by atoms with Crippen molar-refractivity contribution >= 4 is 38.7 Å². The molecule has 1 aromatic carbocycles. The predicted octanol–water partition coefficient (Wildman–Crippen LogP) is 2.32. The number of anilines is 2. The maximum Gasteiger partial charge on any atom is 0.239 e. The van der Waals surface area contributed by atoms with Crippen LogP contribution in [0.4, 0.5) is 11.4 Å². The molecule has 0 aliphatic rings. The summed E-state index contributed by atoms with van der Waals surface area (Å²) in [6.07, 6.45) is 0.537. The minimum atomic E-state index is -3.40. The highest BCUT2D eigenvalue weighted by atomic mass is 35.5. The zero-order valence-corrected chi connectivity index (χ0v) is 13.1. The van der Waals surface area contributed by atoms with Crippen LogP contribution in [0.2, 0.25) is 5.02 Å². The number of hydrogen-bond acceptors (Lipinski definition) is 4. The van der Waals surface area contributed by atoms with Gasteiger partial charge >= 0.3 is 0 Å². The van der Waals surface area contributed by atoms with E-state index >= 15 is 0 Å². The molecular weight excluding hydrogens is 300 g/mol. The van der Waals surface area contributed by atoms with Crippen LogP contribution in [-0.2, 0) is 14.6 Å². The van der Waals surface area contributed by atoms with Gasteiger partial charge < -0.3 is 11.1 Å². The molecule has 1 amide bonds. The number of carbonyl (C=O) groups excluding carboxylic acids is 1. The number of amides is 1. The Morgan fingerprint density at radius 2 is 2.05 bits per heavy atom. The molecule has 0 saturated heterocycles. The van der Waals surface area contributed by atoms with E-state index in [0.717, 1.165) is 0 Å². The Balaban J connectivity index is 2.66. The fraction of sp³-hybridized carbons (Fsp3) is 0.462. The van der Waals surface area contributed by atoms with Gasteiger partial charge in [0.1, 0.15) is 5.75 Å². The van der Waals surface area contributed by atoms with E-state index in [-0.39, 0.29) is 11.7 Å². The molecule has 0 fully saturated rings. The van der Waals surface area contributed by atoms with Gasteiger partial charge in [-0.05, 0) is 30.5 Å². The Morgan fingerprint density at radius 3 is 2.65 bits per heavy atom. The van der Waals surface area contributed by atoms with Crippen molar-refractivity contribution in [2.75, 3.05) is 22.6 Å². The van der Waals surface area contributed by atoms with E-state index in [1.54, 1.807) is 12.1 Å². The fourth-order valence-corrected chi connectivity index (χ4v) is 3.13. The molecule has 3 N–H and O–H groups in total. The van der Waals surface area contributed by atoms with E-state index < -0.39 is 21.5 Å². The molecule has 0 aromatic heterocycles. The first-order chi connectivity index (χ1) is 9.19. The number of hydrogen-bond donors (Lipinski definition) is 2. The van der Waals surface area contributed by atoms with Gasteiger partial charge in [-0.3, -0.25) is 4.79 Å². The van der Waals surface area contributed by atoms with Gasteiger partial charge in [-0.2, -0.15) is 0 Å². The monoisotopic (exact) mass is 318 g/mol. The van der Waals surface area contributed by atoms with Gasteiger partial charge in [-0.25, -0.2) is 8.42 Å². The summed E-state index contributed by atoms with van der Waals surface area (Å²) in [6.45, 7) is 3.87. The van der Waals surface area contributed by atoms with Crippen LogP contribution in [0.1, 0.15) is 20.3 Å². The number of nitrogens with two attached hydrogens (primary N) is 1. The third kappa shape index (κ3) is 5.79. The first-order valence-corrected chi connectivity index (χ1v) is 8.45. The molecular formula is C13H19ClN2O3S. The van der Waals surface area contributed by atoms with Crippen molar-refractivity contribution in [1.82, 2.24) is 0 Å². The lowest BCUT2D eigenvalue weighted by Gasteiger charge is -2.09. The number of nitrogen functional groups attached to an aromatic ring is 1. The van der Waals surface area contributed by atoms with Crippen LogP contribution < -0.4 is 11.1 Å². The van der Waals surface area contributed by atoms with Gasteiger partial charge in [0.05, 0.1) is 17.1 Å². The molecule has 0 aliphatic carbocycles. The summed E-state index contributed by atoms with van der Waals surface area (Å²) in [6, 6.07) is 4.62. The largest absolute Gasteiger partial charge is 0.397 e. The molecule has 20 heavy (non-hydrogen) atoms. The Bertz CT molecular complexity index is 585. The Labute approximate surface area is 124 Å². The van der Waals surface area contributed by atoms with Gasteiger partial charge in [0.15, 0.2) is 9.84 Å². The Hall–Kier alpha value is -1.27. The van der Waals surface area contributed by atoms with Crippen molar-refractivity contribution in [3.8, 4) is 0 Å². The second-order valence-corrected chi connectivity index (χ2v) is 7.67. The average Bonchev–Trinajstić information content (AvgIpc) is 2.31. The van der Waals surface area contributed by atoms with E-state index in [0.29, 0.717) is 22.8 Å². The summed E-state index contributed by atoms with van der Waals surface area (Å²) >= 11 is 5.79. The zero-order valence-electron chi connectivity index (χ0n) is 11.5. The fourth-order valence-electron chi connectivity index (χ4n) is 1.51. The number of nitrogens with one attached hydrogen (secondary N) is 1. The predicted molar refractivity (Wildman–Crippen MR) is 82.6 cm³/mol. The number of carbonyl (C=O) groups is 1. The topological polar surface area (TPSA) is 89.3 Å². The summed E-state index contributed by atoms with van der Waals surface area (Å²) in [4.78, 5) is 11.7. The molecule has 5 nitrogen and oxygen atoms in total. The number of rotatable bonds is 6. The van der Waals surface area contributed by atoms with Crippen molar-refractivity contribution in [3.63, 3.8) is 0 Å². The first kappa shape index (κ1) is 16.8. The van der Waals surface area contributed by atoms with Gasteiger partial charge in [-0.15, -0.1) is 0 Å². The van der Waals surface area contributed by atoms with Crippen molar-refractivity contribution in [2.24, 2.45) is 5.92 Å². The number of benzene rings is 1. The zero-order chi connectivity index (χ0) is 15.3. The second kappa shape index (κ2) is 6.95. The van der Waals surface area contributed by atoms with Gasteiger partial charge in [0.2, 0.25) is 5.91 Å². The van der Waals surface area contributed by atoms with Crippen molar-refractivity contribution in [1.29, 1.82) is 0 Å². The van der Waals surface area contributed by atoms with Crippen molar-refractivity contribution in [3.05, 3.63) is 23.2 Å². The third-order valence-electron chi connectivity index (χ3n) is 2.65. The van der Waals surface area contributed by atoms with E-state index in [9.17, 15) is 13.2 Å². The summed E-state index contributed by atoms with van der Waals surface area (Å²) in [5, 5.41) is 2.88. The van der Waals surface area contributed by atoms with Crippen molar-refractivity contribution in [2.45, 2.75) is 20.3 Å². The molecule has 1 rings (SSSR count). The van der Waals surface area contributed by atoms with Gasteiger partial charge in [0.25, 0.3) is 0 Å². The normalized spacial score (nSPS) is 11.6. The van der Waals surface area contributed by atoms with Gasteiger partial charge in [0, 0.05) is 5.02 Å². The molecule has 0 saturated carbocycles. The standard InChI is InChI=1S/C13H19ClN2O3S/c1-9(2)5-6-20(18,19)8-13(17)16-12-7-10(14)3-4-11(12)15/h3-4,7,9H,5-6,8,15H2,1-2H3,(H,16,17). The van der Waals surface area contributed by atoms with Crippen LogP contribution >= 0.6 is 11.6 Å². The minimum Gasteiger partial charge on any atom is -0.397 e. The molecule has 112 valence electrons. The number of halogens is 1. The lowest BCUT2D eigenvalue weighted by molar-refractivity contribution is -0.113. The summed E-state index contributed by atoms with van der Waals surface area (Å²) in [5.74, 6) is -0.881. The molecule has 0 atom stereocenters. The second-order valence-electron chi connectivity index (χ2n) is 5.05. The quantitative estimate of drug-likeness (QED) is 0.788. The van der Waals surface area contributed by atoms with Crippen LogP contribution in [-0.4, -0.2) is 25.8 Å². The number of sulfone groups is 1. The van der Waals surface area contributed by atoms with Gasteiger partial charge in [-0.1, -0.05) is 25.4 Å². The van der Waals surface area contributed by atoms with Crippen LogP contribution in [0.15, 0.2) is 18.2 Å². The smallest absolute Gasteiger partial charge is 0.239 e. The summed E-state index contributed by atoms with van der Waals surface area (Å²) in [7, 11) is -3.40. The lowest BCUT2D eigenvalue weighted by atomic mass is 10.2. The van der Waals surface area contributed by atoms with Crippen LogP contribution in [0.5, 0.6) is 0 Å². The SMILES string of the molecule is CC(C)CCS(=O)(=O)CC(=O)Nc1cc(Cl)ccc1N. The average molecular weight is 319 g/mol. The van der Waals surface area contributed by atoms with E-state index in [2.05, 4.69) is 5.32 Å². The highest BCUT2D eigenvalue weighted by Crippen LogP contribution is 2.22. The molecule has 0 bridgehead atoms. The molecule has 0 radical (unpaired) electrons. The lowest BCUT2D eigenvalue weighted by Crippen LogP contribution is -2.25. The molecule has 0 unspecified atom stereocenters. The molecule has 0 aliphatic heterocycles. The van der Waals surface area contributed by atoms with Crippen molar-refractivity contribution < 1.29 is 13.2 Å². The molecule has 7 heteroatoms. The summed E-state index contributed by atoms with van der Waals surface area (Å²) in [5.41, 5.74) is 6.33. The van der Waals surface area contributed by atoms with Crippen LogP contribution in [0.3, 0.4) is 0 Å². The Kier molecular flexibility index (Phi) is 5.83. The molecule has 1 aromatic rings. The molecule has 0 spiro atoms. The first-order valence-electron chi connectivity index (χ1n) is 6.25.